The van der Waals surface area contributed by atoms with Crippen molar-refractivity contribution in [2.45, 2.75) is 6.54 Å². The third-order valence-corrected chi connectivity index (χ3v) is 5.94. The Hall–Kier alpha value is -4.28. The van der Waals surface area contributed by atoms with Crippen molar-refractivity contribution in [2.24, 2.45) is 0 Å². The van der Waals surface area contributed by atoms with E-state index >= 15 is 0 Å². The number of amides is 1. The number of fused-ring (bicyclic) bond motifs is 2. The molecule has 5 aromatic rings. The van der Waals surface area contributed by atoms with Crippen LogP contribution in [0.2, 0.25) is 0 Å². The van der Waals surface area contributed by atoms with Gasteiger partial charge in [-0.2, -0.15) is 0 Å². The standard InChI is InChI=1S/C27H28N6O4/c1-32(2)11-13-36-20-5-3-4-18(14-20)16-33(10-12-34)27(35)26-31-22-7-6-19(15-23(22)37-26)24-21-8-9-28-25(21)30-17-29-24/h3-9,14-15,17,34H,10-13,16H2,1-2H3,(H,28,29,30). The van der Waals surface area contributed by atoms with Crippen LogP contribution in [0.5, 0.6) is 5.75 Å². The first-order chi connectivity index (χ1) is 18.0. The van der Waals surface area contributed by atoms with Crippen LogP contribution in [-0.4, -0.2) is 81.1 Å². The summed E-state index contributed by atoms with van der Waals surface area (Å²) in [5, 5.41) is 10.5. The van der Waals surface area contributed by atoms with E-state index in [9.17, 15) is 9.90 Å². The van der Waals surface area contributed by atoms with Crippen molar-refractivity contribution in [3.63, 3.8) is 0 Å². The highest BCUT2D eigenvalue weighted by molar-refractivity contribution is 5.95. The quantitative estimate of drug-likeness (QED) is 0.300. The van der Waals surface area contributed by atoms with E-state index in [2.05, 4.69) is 19.9 Å². The van der Waals surface area contributed by atoms with E-state index in [-0.39, 0.29) is 25.6 Å². The van der Waals surface area contributed by atoms with Crippen LogP contribution in [0.3, 0.4) is 0 Å². The minimum absolute atomic E-state index is 0.0338. The first-order valence-corrected chi connectivity index (χ1v) is 12.0. The zero-order valence-electron chi connectivity index (χ0n) is 20.7. The topological polar surface area (TPSA) is 121 Å². The molecular formula is C27H28N6O4. The second-order valence-electron chi connectivity index (χ2n) is 8.91. The van der Waals surface area contributed by atoms with Crippen LogP contribution < -0.4 is 4.74 Å². The summed E-state index contributed by atoms with van der Waals surface area (Å²) in [6.45, 7) is 1.59. The fourth-order valence-corrected chi connectivity index (χ4v) is 4.07. The normalized spacial score (nSPS) is 11.5. The molecule has 10 heteroatoms. The zero-order valence-corrected chi connectivity index (χ0v) is 20.7. The summed E-state index contributed by atoms with van der Waals surface area (Å²) in [6, 6.07) is 15.0. The maximum Gasteiger partial charge on any atom is 0.310 e. The number of aromatic amines is 1. The summed E-state index contributed by atoms with van der Waals surface area (Å²) < 4.78 is 11.7. The highest BCUT2D eigenvalue weighted by atomic mass is 16.5. The molecule has 0 aliphatic heterocycles. The molecule has 190 valence electrons. The van der Waals surface area contributed by atoms with Gasteiger partial charge in [0.25, 0.3) is 5.89 Å². The van der Waals surface area contributed by atoms with Gasteiger partial charge in [0.15, 0.2) is 5.58 Å². The van der Waals surface area contributed by atoms with Gasteiger partial charge in [-0.15, -0.1) is 0 Å². The predicted octanol–water partition coefficient (Wildman–Crippen LogP) is 3.34. The van der Waals surface area contributed by atoms with Gasteiger partial charge >= 0.3 is 5.91 Å². The van der Waals surface area contributed by atoms with Gasteiger partial charge < -0.3 is 29.0 Å². The smallest absolute Gasteiger partial charge is 0.310 e. The lowest BCUT2D eigenvalue weighted by Gasteiger charge is -2.20. The van der Waals surface area contributed by atoms with Crippen molar-refractivity contribution in [1.29, 1.82) is 0 Å². The van der Waals surface area contributed by atoms with Gasteiger partial charge in [0.2, 0.25) is 0 Å². The van der Waals surface area contributed by atoms with Gasteiger partial charge in [-0.3, -0.25) is 4.79 Å². The molecule has 0 aliphatic rings. The Morgan fingerprint density at radius 1 is 1.11 bits per heavy atom. The van der Waals surface area contributed by atoms with E-state index in [1.165, 1.54) is 11.2 Å². The molecular weight excluding hydrogens is 472 g/mol. The van der Waals surface area contributed by atoms with E-state index in [0.717, 1.165) is 40.1 Å². The minimum atomic E-state index is -0.402. The molecule has 2 aromatic carbocycles. The fourth-order valence-electron chi connectivity index (χ4n) is 4.07. The number of ether oxygens (including phenoxy) is 1. The largest absolute Gasteiger partial charge is 0.492 e. The molecule has 1 amide bonds. The number of nitrogens with zero attached hydrogens (tertiary/aromatic N) is 5. The molecule has 10 nitrogen and oxygen atoms in total. The van der Waals surface area contributed by atoms with Crippen LogP contribution in [0.1, 0.15) is 16.2 Å². The fraction of sp³-hybridized carbons (Fsp3) is 0.259. The zero-order chi connectivity index (χ0) is 25.8. The molecule has 0 atom stereocenters. The number of nitrogens with one attached hydrogen (secondary N) is 1. The van der Waals surface area contributed by atoms with Crippen molar-refractivity contribution >= 4 is 28.0 Å². The highest BCUT2D eigenvalue weighted by Gasteiger charge is 2.22. The monoisotopic (exact) mass is 500 g/mol. The number of rotatable bonds is 10. The van der Waals surface area contributed by atoms with Crippen LogP contribution in [0.15, 0.2) is 65.5 Å². The Balaban J connectivity index is 1.36. The summed E-state index contributed by atoms with van der Waals surface area (Å²) in [5.74, 6) is 0.292. The lowest BCUT2D eigenvalue weighted by atomic mass is 10.1. The Morgan fingerprint density at radius 2 is 2.00 bits per heavy atom. The number of benzene rings is 2. The molecule has 3 aromatic heterocycles. The third-order valence-electron chi connectivity index (χ3n) is 5.94. The van der Waals surface area contributed by atoms with Crippen LogP contribution >= 0.6 is 0 Å². The Morgan fingerprint density at radius 3 is 2.84 bits per heavy atom. The summed E-state index contributed by atoms with van der Waals surface area (Å²) in [6.07, 6.45) is 3.32. The van der Waals surface area contributed by atoms with E-state index in [0.29, 0.717) is 17.7 Å². The number of carbonyl (C=O) groups excluding carboxylic acids is 1. The van der Waals surface area contributed by atoms with E-state index in [1.54, 1.807) is 6.07 Å². The second-order valence-corrected chi connectivity index (χ2v) is 8.91. The average Bonchev–Trinajstić information content (AvgIpc) is 3.55. The predicted molar refractivity (Wildman–Crippen MR) is 139 cm³/mol. The minimum Gasteiger partial charge on any atom is -0.492 e. The number of aromatic nitrogens is 4. The van der Waals surface area contributed by atoms with E-state index in [1.807, 2.05) is 67.7 Å². The van der Waals surface area contributed by atoms with Gasteiger partial charge in [-0.1, -0.05) is 18.2 Å². The van der Waals surface area contributed by atoms with Crippen molar-refractivity contribution < 1.29 is 19.1 Å². The molecule has 0 radical (unpaired) electrons. The summed E-state index contributed by atoms with van der Waals surface area (Å²) >= 11 is 0. The summed E-state index contributed by atoms with van der Waals surface area (Å²) in [7, 11) is 3.98. The molecule has 0 saturated heterocycles. The maximum absolute atomic E-state index is 13.3. The molecule has 0 fully saturated rings. The van der Waals surface area contributed by atoms with Crippen molar-refractivity contribution in [3.8, 4) is 17.0 Å². The molecule has 0 saturated carbocycles. The van der Waals surface area contributed by atoms with Gasteiger partial charge in [0.05, 0.1) is 12.3 Å². The van der Waals surface area contributed by atoms with Crippen molar-refractivity contribution in [2.75, 3.05) is 40.4 Å². The molecule has 5 rings (SSSR count). The Bertz CT molecular complexity index is 1530. The summed E-state index contributed by atoms with van der Waals surface area (Å²) in [5.41, 5.74) is 4.24. The highest BCUT2D eigenvalue weighted by Crippen LogP contribution is 2.28. The first-order valence-electron chi connectivity index (χ1n) is 12.0. The van der Waals surface area contributed by atoms with Crippen LogP contribution in [0, 0.1) is 0 Å². The number of H-pyrrole nitrogens is 1. The lowest BCUT2D eigenvalue weighted by molar-refractivity contribution is 0.0670. The first kappa shape index (κ1) is 24.4. The second kappa shape index (κ2) is 10.8. The van der Waals surface area contributed by atoms with Gasteiger partial charge in [-0.25, -0.2) is 15.0 Å². The third kappa shape index (κ3) is 5.45. The van der Waals surface area contributed by atoms with E-state index in [4.69, 9.17) is 9.15 Å². The molecule has 37 heavy (non-hydrogen) atoms. The van der Waals surface area contributed by atoms with Crippen molar-refractivity contribution in [1.82, 2.24) is 29.7 Å². The van der Waals surface area contributed by atoms with Crippen LogP contribution in [-0.2, 0) is 6.54 Å². The van der Waals surface area contributed by atoms with Crippen molar-refractivity contribution in [3.05, 3.63) is 72.5 Å². The molecule has 2 N–H and O–H groups in total. The number of aliphatic hydroxyl groups excluding tert-OH is 1. The molecule has 0 spiro atoms. The van der Waals surface area contributed by atoms with Gasteiger partial charge in [0.1, 0.15) is 29.8 Å². The lowest BCUT2D eigenvalue weighted by Crippen LogP contribution is -2.33. The Kier molecular flexibility index (Phi) is 7.11. The Labute approximate surface area is 213 Å². The number of hydrogen-bond donors (Lipinski definition) is 2. The number of oxazole rings is 1. The molecule has 0 bridgehead atoms. The average molecular weight is 501 g/mol. The number of hydrogen-bond acceptors (Lipinski definition) is 8. The van der Waals surface area contributed by atoms with Crippen LogP contribution in [0.25, 0.3) is 33.4 Å². The summed E-state index contributed by atoms with van der Waals surface area (Å²) in [4.78, 5) is 33.0. The molecule has 0 unspecified atom stereocenters. The number of likely N-dealkylation sites (N-methyl/N-ethyl adjacent to an activating group) is 1. The molecule has 0 aliphatic carbocycles. The SMILES string of the molecule is CN(C)CCOc1cccc(CN(CCO)C(=O)c2nc3ccc(-c4ncnc5[nH]ccc45)cc3o2)c1. The van der Waals surface area contributed by atoms with E-state index < -0.39 is 5.91 Å². The number of carbonyl (C=O) groups is 1. The van der Waals surface area contributed by atoms with Gasteiger partial charge in [0, 0.05) is 36.8 Å². The van der Waals surface area contributed by atoms with Gasteiger partial charge in [-0.05, 0) is 50.0 Å². The molecule has 3 heterocycles. The van der Waals surface area contributed by atoms with Crippen LogP contribution in [0.4, 0.5) is 0 Å². The maximum atomic E-state index is 13.3. The number of aliphatic hydroxyl groups is 1.